The molecule has 0 bridgehead atoms. The van der Waals surface area contributed by atoms with Crippen LogP contribution in [0, 0.1) is 0 Å². The standard InChI is InChI=1S/C24H26ClN3O2/c1-26(17-19-6-3-2-4-7-19)18-22-10-11-23(30-22)24(29)28-14-12-27(13-15-28)21-9-5-8-20(25)16-21/h2-11,16H,12-15,17-18H2,1H3. The number of hydrogen-bond acceptors (Lipinski definition) is 4. The molecule has 6 heteroatoms. The Labute approximate surface area is 182 Å². The largest absolute Gasteiger partial charge is 0.455 e. The summed E-state index contributed by atoms with van der Waals surface area (Å²) in [6.45, 7) is 4.37. The Morgan fingerprint density at radius 3 is 2.47 bits per heavy atom. The van der Waals surface area contributed by atoms with Crippen molar-refractivity contribution in [1.29, 1.82) is 0 Å². The van der Waals surface area contributed by atoms with Crippen LogP contribution in [0.2, 0.25) is 5.02 Å². The topological polar surface area (TPSA) is 39.9 Å². The van der Waals surface area contributed by atoms with Crippen molar-refractivity contribution in [3.63, 3.8) is 0 Å². The van der Waals surface area contributed by atoms with E-state index in [1.165, 1.54) is 5.56 Å². The van der Waals surface area contributed by atoms with Crippen molar-refractivity contribution in [2.45, 2.75) is 13.1 Å². The van der Waals surface area contributed by atoms with Crippen LogP contribution in [-0.2, 0) is 13.1 Å². The van der Waals surface area contributed by atoms with E-state index >= 15 is 0 Å². The third-order valence-corrected chi connectivity index (χ3v) is 5.57. The predicted molar refractivity (Wildman–Crippen MR) is 120 cm³/mol. The Kier molecular flexibility index (Phi) is 6.41. The van der Waals surface area contributed by atoms with Crippen LogP contribution < -0.4 is 4.90 Å². The number of benzene rings is 2. The van der Waals surface area contributed by atoms with E-state index in [4.69, 9.17) is 16.0 Å². The van der Waals surface area contributed by atoms with E-state index in [-0.39, 0.29) is 5.91 Å². The summed E-state index contributed by atoms with van der Waals surface area (Å²) in [6.07, 6.45) is 0. The molecule has 0 N–H and O–H groups in total. The minimum atomic E-state index is -0.0438. The van der Waals surface area contributed by atoms with Gasteiger partial charge in [-0.2, -0.15) is 0 Å². The van der Waals surface area contributed by atoms with Crippen molar-refractivity contribution in [2.75, 3.05) is 38.1 Å². The number of rotatable bonds is 6. The maximum atomic E-state index is 12.9. The molecule has 1 fully saturated rings. The lowest BCUT2D eigenvalue weighted by Crippen LogP contribution is -2.48. The van der Waals surface area contributed by atoms with Gasteiger partial charge in [0.2, 0.25) is 0 Å². The Balaban J connectivity index is 1.31. The third-order valence-electron chi connectivity index (χ3n) is 5.33. The summed E-state index contributed by atoms with van der Waals surface area (Å²) < 4.78 is 5.87. The summed E-state index contributed by atoms with van der Waals surface area (Å²) in [5, 5.41) is 0.728. The fourth-order valence-corrected chi connectivity index (χ4v) is 3.98. The molecule has 0 unspecified atom stereocenters. The van der Waals surface area contributed by atoms with Gasteiger partial charge in [0.15, 0.2) is 5.76 Å². The van der Waals surface area contributed by atoms with E-state index in [0.717, 1.165) is 36.1 Å². The Hall–Kier alpha value is -2.76. The summed E-state index contributed by atoms with van der Waals surface area (Å²) in [6, 6.07) is 21.8. The van der Waals surface area contributed by atoms with Gasteiger partial charge in [0.05, 0.1) is 6.54 Å². The monoisotopic (exact) mass is 423 g/mol. The van der Waals surface area contributed by atoms with E-state index in [1.807, 2.05) is 60.5 Å². The van der Waals surface area contributed by atoms with Gasteiger partial charge in [-0.15, -0.1) is 0 Å². The molecule has 30 heavy (non-hydrogen) atoms. The van der Waals surface area contributed by atoms with E-state index in [1.54, 1.807) is 6.07 Å². The Bertz CT molecular complexity index is 981. The van der Waals surface area contributed by atoms with Crippen LogP contribution in [0.5, 0.6) is 0 Å². The molecule has 2 aromatic carbocycles. The first-order valence-electron chi connectivity index (χ1n) is 10.2. The zero-order valence-electron chi connectivity index (χ0n) is 17.1. The van der Waals surface area contributed by atoms with E-state index in [2.05, 4.69) is 21.9 Å². The Morgan fingerprint density at radius 2 is 1.73 bits per heavy atom. The number of furan rings is 1. The lowest BCUT2D eigenvalue weighted by atomic mass is 10.2. The van der Waals surface area contributed by atoms with Crippen LogP contribution in [0.25, 0.3) is 0 Å². The highest BCUT2D eigenvalue weighted by atomic mass is 35.5. The quantitative estimate of drug-likeness (QED) is 0.584. The lowest BCUT2D eigenvalue weighted by molar-refractivity contribution is 0.0711. The molecule has 0 aliphatic carbocycles. The van der Waals surface area contributed by atoms with Gasteiger partial charge in [0, 0.05) is 43.4 Å². The van der Waals surface area contributed by atoms with Crippen LogP contribution in [0.4, 0.5) is 5.69 Å². The first-order valence-corrected chi connectivity index (χ1v) is 10.6. The van der Waals surface area contributed by atoms with Gasteiger partial charge in [0.1, 0.15) is 5.76 Å². The summed E-state index contributed by atoms with van der Waals surface area (Å²) in [7, 11) is 2.05. The molecule has 1 saturated heterocycles. The van der Waals surface area contributed by atoms with Crippen LogP contribution in [0.3, 0.4) is 0 Å². The molecule has 156 valence electrons. The zero-order valence-corrected chi connectivity index (χ0v) is 17.9. The van der Waals surface area contributed by atoms with Crippen LogP contribution in [-0.4, -0.2) is 48.9 Å². The first kappa shape index (κ1) is 20.5. The molecule has 0 atom stereocenters. The van der Waals surface area contributed by atoms with Gasteiger partial charge in [-0.3, -0.25) is 9.69 Å². The molecule has 1 amide bonds. The number of halogens is 1. The molecular formula is C24H26ClN3O2. The minimum Gasteiger partial charge on any atom is -0.455 e. The smallest absolute Gasteiger partial charge is 0.289 e. The fourth-order valence-electron chi connectivity index (χ4n) is 3.79. The number of nitrogens with zero attached hydrogens (tertiary/aromatic N) is 3. The normalized spacial score (nSPS) is 14.4. The van der Waals surface area contributed by atoms with Gasteiger partial charge in [-0.25, -0.2) is 0 Å². The summed E-state index contributed by atoms with van der Waals surface area (Å²) >= 11 is 6.10. The average Bonchev–Trinajstić information content (AvgIpc) is 3.22. The zero-order chi connectivity index (χ0) is 20.9. The second kappa shape index (κ2) is 9.37. The van der Waals surface area contributed by atoms with Crippen LogP contribution in [0.15, 0.2) is 71.1 Å². The van der Waals surface area contributed by atoms with E-state index < -0.39 is 0 Å². The molecular weight excluding hydrogens is 398 g/mol. The van der Waals surface area contributed by atoms with E-state index in [0.29, 0.717) is 25.4 Å². The molecule has 3 aromatic rings. The van der Waals surface area contributed by atoms with Gasteiger partial charge in [-0.05, 0) is 42.9 Å². The number of piperazine rings is 1. The third kappa shape index (κ3) is 5.04. The molecule has 1 aliphatic rings. The number of hydrogen-bond donors (Lipinski definition) is 0. The first-order chi connectivity index (χ1) is 14.6. The molecule has 2 heterocycles. The van der Waals surface area contributed by atoms with Gasteiger partial charge in [-0.1, -0.05) is 48.0 Å². The average molecular weight is 424 g/mol. The molecule has 1 aromatic heterocycles. The SMILES string of the molecule is CN(Cc1ccccc1)Cc1ccc(C(=O)N2CCN(c3cccc(Cl)c3)CC2)o1. The molecule has 4 rings (SSSR count). The molecule has 0 saturated carbocycles. The highest BCUT2D eigenvalue weighted by molar-refractivity contribution is 6.30. The number of anilines is 1. The van der Waals surface area contributed by atoms with Crippen molar-refractivity contribution < 1.29 is 9.21 Å². The number of carbonyl (C=O) groups is 1. The number of carbonyl (C=O) groups excluding carboxylic acids is 1. The molecule has 0 spiro atoms. The van der Waals surface area contributed by atoms with Crippen LogP contribution >= 0.6 is 11.6 Å². The van der Waals surface area contributed by atoms with E-state index in [9.17, 15) is 4.79 Å². The minimum absolute atomic E-state index is 0.0438. The summed E-state index contributed by atoms with van der Waals surface area (Å²) in [5.41, 5.74) is 2.34. The Morgan fingerprint density at radius 1 is 0.967 bits per heavy atom. The van der Waals surface area contributed by atoms with Crippen molar-refractivity contribution in [2.24, 2.45) is 0 Å². The van der Waals surface area contributed by atoms with Crippen molar-refractivity contribution in [3.05, 3.63) is 88.8 Å². The molecule has 1 aliphatic heterocycles. The summed E-state index contributed by atoms with van der Waals surface area (Å²) in [5.74, 6) is 1.17. The highest BCUT2D eigenvalue weighted by Crippen LogP contribution is 2.22. The fraction of sp³-hybridized carbons (Fsp3) is 0.292. The maximum absolute atomic E-state index is 12.9. The van der Waals surface area contributed by atoms with Crippen molar-refractivity contribution >= 4 is 23.2 Å². The van der Waals surface area contributed by atoms with Crippen LogP contribution in [0.1, 0.15) is 21.9 Å². The predicted octanol–water partition coefficient (Wildman–Crippen LogP) is 4.53. The number of amides is 1. The van der Waals surface area contributed by atoms with Gasteiger partial charge < -0.3 is 14.2 Å². The molecule has 0 radical (unpaired) electrons. The van der Waals surface area contributed by atoms with Gasteiger partial charge >= 0.3 is 0 Å². The van der Waals surface area contributed by atoms with Crippen molar-refractivity contribution in [3.8, 4) is 0 Å². The molecule has 5 nitrogen and oxygen atoms in total. The summed E-state index contributed by atoms with van der Waals surface area (Å²) in [4.78, 5) is 19.1. The lowest BCUT2D eigenvalue weighted by Gasteiger charge is -2.35. The second-order valence-electron chi connectivity index (χ2n) is 7.68. The second-order valence-corrected chi connectivity index (χ2v) is 8.12. The maximum Gasteiger partial charge on any atom is 0.289 e. The van der Waals surface area contributed by atoms with Gasteiger partial charge in [0.25, 0.3) is 5.91 Å². The highest BCUT2D eigenvalue weighted by Gasteiger charge is 2.24. The van der Waals surface area contributed by atoms with Crippen molar-refractivity contribution in [1.82, 2.24) is 9.80 Å².